The van der Waals surface area contributed by atoms with Gasteiger partial charge in [0.15, 0.2) is 6.10 Å². The van der Waals surface area contributed by atoms with Gasteiger partial charge in [0.2, 0.25) is 0 Å². The molecule has 0 saturated carbocycles. The topological polar surface area (TPSA) is 77.1 Å². The molecule has 7 nitrogen and oxygen atoms in total. The van der Waals surface area contributed by atoms with Gasteiger partial charge in [0, 0.05) is 28.9 Å². The highest BCUT2D eigenvalue weighted by Gasteiger charge is 2.21. The first kappa shape index (κ1) is 21.1. The van der Waals surface area contributed by atoms with Crippen LogP contribution < -0.4 is 15.0 Å². The zero-order chi connectivity index (χ0) is 20.8. The Morgan fingerprint density at radius 1 is 1.14 bits per heavy atom. The number of methoxy groups -OCH3 is 1. The number of hydrogen-bond acceptors (Lipinski definition) is 6. The van der Waals surface area contributed by atoms with E-state index in [1.54, 1.807) is 18.2 Å². The van der Waals surface area contributed by atoms with Gasteiger partial charge < -0.3 is 24.4 Å². The first-order valence-corrected chi connectivity index (χ1v) is 10.1. The third-order valence-electron chi connectivity index (χ3n) is 4.56. The third-order valence-corrected chi connectivity index (χ3v) is 5.25. The molecule has 3 rings (SSSR count). The summed E-state index contributed by atoms with van der Waals surface area (Å²) in [6, 6.07) is 12.5. The standard InChI is InChI=1S/C21H23BrN2O5/c1-14(29-21(26)18-13-17(27-2)7-8-19(18)22)20(25)23-15-3-5-16(6-4-15)24-9-11-28-12-10-24/h3-8,13-14H,9-12H2,1-2H3,(H,23,25). The Morgan fingerprint density at radius 3 is 2.48 bits per heavy atom. The van der Waals surface area contributed by atoms with Crippen LogP contribution in [0.15, 0.2) is 46.9 Å². The van der Waals surface area contributed by atoms with Crippen LogP contribution in [0.4, 0.5) is 11.4 Å². The van der Waals surface area contributed by atoms with E-state index in [1.165, 1.54) is 14.0 Å². The molecule has 1 atom stereocenters. The predicted molar refractivity (Wildman–Crippen MR) is 114 cm³/mol. The second-order valence-electron chi connectivity index (χ2n) is 6.53. The number of benzene rings is 2. The van der Waals surface area contributed by atoms with Gasteiger partial charge in [-0.3, -0.25) is 4.79 Å². The Hall–Kier alpha value is -2.58. The summed E-state index contributed by atoms with van der Waals surface area (Å²) in [6.45, 7) is 4.65. The Labute approximate surface area is 178 Å². The van der Waals surface area contributed by atoms with E-state index >= 15 is 0 Å². The lowest BCUT2D eigenvalue weighted by Gasteiger charge is -2.28. The molecule has 0 radical (unpaired) electrons. The summed E-state index contributed by atoms with van der Waals surface area (Å²) in [7, 11) is 1.51. The Bertz CT molecular complexity index is 866. The minimum atomic E-state index is -0.959. The summed E-state index contributed by atoms with van der Waals surface area (Å²) in [5, 5.41) is 2.77. The van der Waals surface area contributed by atoms with Crippen LogP contribution >= 0.6 is 15.9 Å². The minimum absolute atomic E-state index is 0.291. The molecule has 0 aromatic heterocycles. The minimum Gasteiger partial charge on any atom is -0.497 e. The number of anilines is 2. The van der Waals surface area contributed by atoms with Gasteiger partial charge in [-0.1, -0.05) is 0 Å². The Balaban J connectivity index is 1.58. The molecule has 1 fully saturated rings. The summed E-state index contributed by atoms with van der Waals surface area (Å²) in [5.74, 6) is -0.491. The van der Waals surface area contributed by atoms with Crippen LogP contribution in [0, 0.1) is 0 Å². The molecule has 1 heterocycles. The van der Waals surface area contributed by atoms with E-state index in [2.05, 4.69) is 26.1 Å². The summed E-state index contributed by atoms with van der Waals surface area (Å²) in [6.07, 6.45) is -0.959. The second kappa shape index (κ2) is 9.76. The highest BCUT2D eigenvalue weighted by atomic mass is 79.9. The van der Waals surface area contributed by atoms with Gasteiger partial charge in [-0.25, -0.2) is 4.79 Å². The number of amides is 1. The molecule has 8 heteroatoms. The number of hydrogen-bond donors (Lipinski definition) is 1. The number of halogens is 1. The molecule has 0 aliphatic carbocycles. The number of ether oxygens (including phenoxy) is 3. The quantitative estimate of drug-likeness (QED) is 0.662. The van der Waals surface area contributed by atoms with Crippen molar-refractivity contribution in [1.29, 1.82) is 0 Å². The molecule has 1 aliphatic rings. The van der Waals surface area contributed by atoms with Crippen LogP contribution in [0.1, 0.15) is 17.3 Å². The van der Waals surface area contributed by atoms with Crippen molar-refractivity contribution >= 4 is 39.2 Å². The lowest BCUT2D eigenvalue weighted by Crippen LogP contribution is -2.36. The SMILES string of the molecule is COc1ccc(Br)c(C(=O)OC(C)C(=O)Nc2ccc(N3CCOCC3)cc2)c1. The number of nitrogens with zero attached hydrogens (tertiary/aromatic N) is 1. The molecule has 1 saturated heterocycles. The maximum Gasteiger partial charge on any atom is 0.340 e. The van der Waals surface area contributed by atoms with Crippen molar-refractivity contribution in [2.24, 2.45) is 0 Å². The number of esters is 1. The largest absolute Gasteiger partial charge is 0.497 e. The van der Waals surface area contributed by atoms with E-state index in [0.29, 0.717) is 34.7 Å². The fourth-order valence-corrected chi connectivity index (χ4v) is 3.29. The number of nitrogens with one attached hydrogen (secondary N) is 1. The lowest BCUT2D eigenvalue weighted by molar-refractivity contribution is -0.123. The molecule has 1 amide bonds. The number of morpholine rings is 1. The first-order chi connectivity index (χ1) is 14.0. The summed E-state index contributed by atoms with van der Waals surface area (Å²) in [5.41, 5.74) is 2.00. The number of rotatable bonds is 6. The summed E-state index contributed by atoms with van der Waals surface area (Å²) >= 11 is 3.31. The Kier molecular flexibility index (Phi) is 7.11. The van der Waals surface area contributed by atoms with Crippen molar-refractivity contribution in [2.45, 2.75) is 13.0 Å². The van der Waals surface area contributed by atoms with E-state index in [0.717, 1.165) is 18.8 Å². The molecule has 0 spiro atoms. The van der Waals surface area contributed by atoms with Crippen molar-refractivity contribution in [3.63, 3.8) is 0 Å². The van der Waals surface area contributed by atoms with E-state index in [9.17, 15) is 9.59 Å². The average Bonchev–Trinajstić information content (AvgIpc) is 2.75. The molecule has 1 unspecified atom stereocenters. The van der Waals surface area contributed by atoms with Crippen molar-refractivity contribution in [3.8, 4) is 5.75 Å². The van der Waals surface area contributed by atoms with Crippen molar-refractivity contribution in [1.82, 2.24) is 0 Å². The normalized spacial score (nSPS) is 14.8. The highest BCUT2D eigenvalue weighted by Crippen LogP contribution is 2.24. The molecule has 2 aromatic rings. The average molecular weight is 463 g/mol. The zero-order valence-corrected chi connectivity index (χ0v) is 17.9. The maximum absolute atomic E-state index is 12.4. The van der Waals surface area contributed by atoms with Crippen molar-refractivity contribution < 1.29 is 23.8 Å². The summed E-state index contributed by atoms with van der Waals surface area (Å²) in [4.78, 5) is 27.1. The highest BCUT2D eigenvalue weighted by molar-refractivity contribution is 9.10. The van der Waals surface area contributed by atoms with E-state index in [1.807, 2.05) is 24.3 Å². The first-order valence-electron chi connectivity index (χ1n) is 9.26. The molecule has 29 heavy (non-hydrogen) atoms. The lowest BCUT2D eigenvalue weighted by atomic mass is 10.2. The zero-order valence-electron chi connectivity index (χ0n) is 16.3. The molecule has 1 aliphatic heterocycles. The van der Waals surface area contributed by atoms with Crippen LogP contribution in [0.2, 0.25) is 0 Å². The van der Waals surface area contributed by atoms with Crippen LogP contribution in [0.3, 0.4) is 0 Å². The number of carbonyl (C=O) groups is 2. The van der Waals surface area contributed by atoms with E-state index in [4.69, 9.17) is 14.2 Å². The summed E-state index contributed by atoms with van der Waals surface area (Å²) < 4.78 is 16.4. The smallest absolute Gasteiger partial charge is 0.340 e. The molecule has 2 aromatic carbocycles. The van der Waals surface area contributed by atoms with Crippen LogP contribution in [-0.4, -0.2) is 51.4 Å². The molecular formula is C21H23BrN2O5. The second-order valence-corrected chi connectivity index (χ2v) is 7.38. The van der Waals surface area contributed by atoms with Crippen LogP contribution in [-0.2, 0) is 14.3 Å². The van der Waals surface area contributed by atoms with Crippen molar-refractivity contribution in [2.75, 3.05) is 43.6 Å². The fourth-order valence-electron chi connectivity index (χ4n) is 2.89. The van der Waals surface area contributed by atoms with Gasteiger partial charge in [-0.05, 0) is 65.3 Å². The van der Waals surface area contributed by atoms with Crippen LogP contribution in [0.25, 0.3) is 0 Å². The molecular weight excluding hydrogens is 440 g/mol. The van der Waals surface area contributed by atoms with Gasteiger partial charge in [-0.15, -0.1) is 0 Å². The fraction of sp³-hybridized carbons (Fsp3) is 0.333. The predicted octanol–water partition coefficient (Wildman–Crippen LogP) is 3.48. The number of carbonyl (C=O) groups excluding carboxylic acids is 2. The van der Waals surface area contributed by atoms with Crippen molar-refractivity contribution in [3.05, 3.63) is 52.5 Å². The molecule has 0 bridgehead atoms. The van der Waals surface area contributed by atoms with Crippen LogP contribution in [0.5, 0.6) is 5.75 Å². The van der Waals surface area contributed by atoms with Gasteiger partial charge in [0.05, 0.1) is 25.9 Å². The monoisotopic (exact) mass is 462 g/mol. The molecule has 154 valence electrons. The van der Waals surface area contributed by atoms with Gasteiger partial charge in [-0.2, -0.15) is 0 Å². The molecule has 1 N–H and O–H groups in total. The van der Waals surface area contributed by atoms with E-state index < -0.39 is 18.0 Å². The van der Waals surface area contributed by atoms with Gasteiger partial charge in [0.1, 0.15) is 5.75 Å². The maximum atomic E-state index is 12.4. The Morgan fingerprint density at radius 2 is 1.83 bits per heavy atom. The van der Waals surface area contributed by atoms with Gasteiger partial charge in [0.25, 0.3) is 5.91 Å². The van der Waals surface area contributed by atoms with Gasteiger partial charge >= 0.3 is 5.97 Å². The van der Waals surface area contributed by atoms with E-state index in [-0.39, 0.29) is 0 Å². The third kappa shape index (κ3) is 5.48.